The van der Waals surface area contributed by atoms with Crippen molar-refractivity contribution in [1.29, 1.82) is 0 Å². The van der Waals surface area contributed by atoms with Gasteiger partial charge in [-0.25, -0.2) is 0 Å². The molecule has 2 heteroatoms. The van der Waals surface area contributed by atoms with Gasteiger partial charge < -0.3 is 10.3 Å². The van der Waals surface area contributed by atoms with Gasteiger partial charge in [0.05, 0.1) is 0 Å². The molecule has 0 saturated carbocycles. The van der Waals surface area contributed by atoms with Gasteiger partial charge in [0, 0.05) is 22.5 Å². The van der Waals surface area contributed by atoms with Gasteiger partial charge in [-0.2, -0.15) is 0 Å². The summed E-state index contributed by atoms with van der Waals surface area (Å²) in [5.74, 6) is 0.706. The Morgan fingerprint density at radius 1 is 1.00 bits per heavy atom. The molecule has 18 heavy (non-hydrogen) atoms. The van der Waals surface area contributed by atoms with Crippen molar-refractivity contribution in [3.8, 4) is 0 Å². The summed E-state index contributed by atoms with van der Waals surface area (Å²) in [5, 5.41) is 4.89. The number of hydrogen-bond donors (Lipinski definition) is 2. The summed E-state index contributed by atoms with van der Waals surface area (Å²) in [6, 6.07) is 4.46. The normalized spacial score (nSPS) is 17.5. The van der Waals surface area contributed by atoms with Gasteiger partial charge in [0.15, 0.2) is 0 Å². The number of H-pyrrole nitrogens is 1. The lowest BCUT2D eigenvalue weighted by molar-refractivity contribution is 0.453. The molecular weight excluding hydrogens is 220 g/mol. The highest BCUT2D eigenvalue weighted by molar-refractivity contribution is 5.90. The van der Waals surface area contributed by atoms with Crippen molar-refractivity contribution in [3.63, 3.8) is 0 Å². The Labute approximate surface area is 109 Å². The number of aryl methyl sites for hydroxylation is 3. The van der Waals surface area contributed by atoms with Crippen LogP contribution in [0.15, 0.2) is 12.1 Å². The third-order valence-electron chi connectivity index (χ3n) is 4.41. The number of piperidine rings is 1. The summed E-state index contributed by atoms with van der Waals surface area (Å²) in [6.45, 7) is 9.00. The van der Waals surface area contributed by atoms with Gasteiger partial charge >= 0.3 is 0 Å². The predicted molar refractivity (Wildman–Crippen MR) is 77.4 cm³/mol. The molecule has 0 unspecified atom stereocenters. The van der Waals surface area contributed by atoms with Crippen LogP contribution in [0.3, 0.4) is 0 Å². The number of benzene rings is 1. The number of aromatic nitrogens is 1. The molecule has 1 aromatic carbocycles. The molecule has 0 spiro atoms. The van der Waals surface area contributed by atoms with Crippen LogP contribution in [0.4, 0.5) is 0 Å². The van der Waals surface area contributed by atoms with Gasteiger partial charge in [-0.15, -0.1) is 0 Å². The van der Waals surface area contributed by atoms with Crippen LogP contribution >= 0.6 is 0 Å². The van der Waals surface area contributed by atoms with E-state index in [9.17, 15) is 0 Å². The molecule has 1 fully saturated rings. The van der Waals surface area contributed by atoms with E-state index < -0.39 is 0 Å². The Hall–Kier alpha value is -1.28. The predicted octanol–water partition coefficient (Wildman–Crippen LogP) is 3.56. The molecule has 0 aliphatic carbocycles. The first-order valence-corrected chi connectivity index (χ1v) is 6.97. The second-order valence-corrected chi connectivity index (χ2v) is 5.64. The van der Waals surface area contributed by atoms with E-state index in [1.165, 1.54) is 46.1 Å². The molecule has 96 valence electrons. The van der Waals surface area contributed by atoms with Gasteiger partial charge in [0.2, 0.25) is 0 Å². The van der Waals surface area contributed by atoms with Crippen LogP contribution < -0.4 is 5.32 Å². The van der Waals surface area contributed by atoms with Crippen molar-refractivity contribution >= 4 is 10.9 Å². The lowest BCUT2D eigenvalue weighted by atomic mass is 9.91. The fraction of sp³-hybridized carbons (Fsp3) is 0.500. The monoisotopic (exact) mass is 242 g/mol. The summed E-state index contributed by atoms with van der Waals surface area (Å²) >= 11 is 0. The lowest BCUT2D eigenvalue weighted by Crippen LogP contribution is -2.27. The zero-order valence-corrected chi connectivity index (χ0v) is 11.6. The molecule has 1 aliphatic rings. The smallest absolute Gasteiger partial charge is 0.0491 e. The average molecular weight is 242 g/mol. The van der Waals surface area contributed by atoms with E-state index in [1.807, 2.05) is 0 Å². The van der Waals surface area contributed by atoms with E-state index in [2.05, 4.69) is 43.2 Å². The Morgan fingerprint density at radius 2 is 1.67 bits per heavy atom. The molecule has 2 N–H and O–H groups in total. The Morgan fingerprint density at radius 3 is 2.33 bits per heavy atom. The van der Waals surface area contributed by atoms with Crippen LogP contribution in [-0.4, -0.2) is 18.1 Å². The molecule has 0 bridgehead atoms. The number of fused-ring (bicyclic) bond motifs is 1. The second kappa shape index (κ2) is 4.43. The minimum Gasteiger partial charge on any atom is -0.358 e. The zero-order valence-electron chi connectivity index (χ0n) is 11.6. The first-order chi connectivity index (χ1) is 8.68. The second-order valence-electron chi connectivity index (χ2n) is 5.64. The van der Waals surface area contributed by atoms with Crippen molar-refractivity contribution < 1.29 is 0 Å². The van der Waals surface area contributed by atoms with E-state index in [1.54, 1.807) is 0 Å². The topological polar surface area (TPSA) is 27.8 Å². The zero-order chi connectivity index (χ0) is 12.7. The minimum atomic E-state index is 0.706. The van der Waals surface area contributed by atoms with E-state index in [-0.39, 0.29) is 0 Å². The average Bonchev–Trinajstić information content (AvgIpc) is 2.74. The molecule has 2 nitrogen and oxygen atoms in total. The van der Waals surface area contributed by atoms with Crippen LogP contribution in [-0.2, 0) is 0 Å². The maximum atomic E-state index is 3.71. The van der Waals surface area contributed by atoms with Gasteiger partial charge in [0.25, 0.3) is 0 Å². The minimum absolute atomic E-state index is 0.706. The van der Waals surface area contributed by atoms with E-state index >= 15 is 0 Å². The Balaban J connectivity index is 2.16. The Kier molecular flexibility index (Phi) is 2.90. The number of nitrogens with one attached hydrogen (secondary N) is 2. The summed E-state index contributed by atoms with van der Waals surface area (Å²) in [6.07, 6.45) is 2.51. The van der Waals surface area contributed by atoms with Gasteiger partial charge in [-0.1, -0.05) is 12.1 Å². The third kappa shape index (κ3) is 1.76. The van der Waals surface area contributed by atoms with E-state index in [0.717, 1.165) is 13.1 Å². The van der Waals surface area contributed by atoms with E-state index in [4.69, 9.17) is 0 Å². The maximum absolute atomic E-state index is 3.71. The maximum Gasteiger partial charge on any atom is 0.0491 e. The molecule has 1 saturated heterocycles. The SMILES string of the molecule is Cc1ccc(C)c2c(C)c(C3CCNCC3)[nH]c12. The first kappa shape index (κ1) is 11.8. The van der Waals surface area contributed by atoms with Crippen LogP contribution in [0.25, 0.3) is 10.9 Å². The standard InChI is InChI=1S/C16H22N2/c1-10-4-5-11(2)15-14(10)12(3)16(18-15)13-6-8-17-9-7-13/h4-5,13,17-18H,6-9H2,1-3H3. The fourth-order valence-electron chi connectivity index (χ4n) is 3.34. The largest absolute Gasteiger partial charge is 0.358 e. The summed E-state index contributed by atoms with van der Waals surface area (Å²) in [4.78, 5) is 3.71. The van der Waals surface area contributed by atoms with Crippen LogP contribution in [0.1, 0.15) is 41.1 Å². The summed E-state index contributed by atoms with van der Waals surface area (Å²) in [7, 11) is 0. The number of hydrogen-bond acceptors (Lipinski definition) is 1. The molecule has 2 heterocycles. The quantitative estimate of drug-likeness (QED) is 0.786. The summed E-state index contributed by atoms with van der Waals surface area (Å²) in [5.41, 5.74) is 7.05. The van der Waals surface area contributed by atoms with E-state index in [0.29, 0.717) is 5.92 Å². The van der Waals surface area contributed by atoms with Crippen LogP contribution in [0, 0.1) is 20.8 Å². The van der Waals surface area contributed by atoms with Crippen LogP contribution in [0.2, 0.25) is 0 Å². The number of aromatic amines is 1. The van der Waals surface area contributed by atoms with Crippen molar-refractivity contribution in [2.45, 2.75) is 39.5 Å². The van der Waals surface area contributed by atoms with Crippen molar-refractivity contribution in [2.75, 3.05) is 13.1 Å². The molecular formula is C16H22N2. The molecule has 0 amide bonds. The molecule has 1 aromatic heterocycles. The lowest BCUT2D eigenvalue weighted by Gasteiger charge is -2.22. The molecule has 2 aromatic rings. The third-order valence-corrected chi connectivity index (χ3v) is 4.41. The van der Waals surface area contributed by atoms with Gasteiger partial charge in [0.1, 0.15) is 0 Å². The van der Waals surface area contributed by atoms with Crippen molar-refractivity contribution in [1.82, 2.24) is 10.3 Å². The van der Waals surface area contributed by atoms with Crippen molar-refractivity contribution in [3.05, 3.63) is 34.5 Å². The van der Waals surface area contributed by atoms with Gasteiger partial charge in [-0.3, -0.25) is 0 Å². The highest BCUT2D eigenvalue weighted by Crippen LogP contribution is 2.34. The highest BCUT2D eigenvalue weighted by Gasteiger charge is 2.21. The highest BCUT2D eigenvalue weighted by atomic mass is 14.9. The Bertz CT molecular complexity index is 574. The molecule has 0 radical (unpaired) electrons. The summed E-state index contributed by atoms with van der Waals surface area (Å²) < 4.78 is 0. The van der Waals surface area contributed by atoms with Crippen molar-refractivity contribution in [2.24, 2.45) is 0 Å². The first-order valence-electron chi connectivity index (χ1n) is 6.97. The number of rotatable bonds is 1. The molecule has 0 atom stereocenters. The molecule has 1 aliphatic heterocycles. The molecule has 3 rings (SSSR count). The fourth-order valence-corrected chi connectivity index (χ4v) is 3.34. The van der Waals surface area contributed by atoms with Gasteiger partial charge in [-0.05, 0) is 63.4 Å². The van der Waals surface area contributed by atoms with Crippen LogP contribution in [0.5, 0.6) is 0 Å².